The summed E-state index contributed by atoms with van der Waals surface area (Å²) in [5.74, 6) is -2.41. The molecule has 0 radical (unpaired) electrons. The minimum absolute atomic E-state index is 0.0459. The first-order valence-electron chi connectivity index (χ1n) is 22.1. The first-order chi connectivity index (χ1) is 31.3. The van der Waals surface area contributed by atoms with Gasteiger partial charge in [-0.05, 0) is 53.6 Å². The molecule has 4 N–H and O–H groups in total. The number of imide groups is 2. The van der Waals surface area contributed by atoms with E-state index in [2.05, 4.69) is 61.5 Å². The van der Waals surface area contributed by atoms with Crippen molar-refractivity contribution >= 4 is 46.3 Å². The van der Waals surface area contributed by atoms with Crippen molar-refractivity contribution in [3.63, 3.8) is 0 Å². The number of aromatic nitrogens is 3. The number of carbonyl (C=O) groups excluding carboxylic acids is 5. The lowest BCUT2D eigenvalue weighted by atomic mass is 9.95. The maximum absolute atomic E-state index is 13.4. The summed E-state index contributed by atoms with van der Waals surface area (Å²) in [4.78, 5) is 69.6. The molecule has 14 heteroatoms. The van der Waals surface area contributed by atoms with Gasteiger partial charge in [0.05, 0.1) is 41.7 Å². The standard InChI is InChI=1S/C50H50N8O6/c51-46-44-42(34-14-4-1-5-15-34)45(35-16-6-2-7-17-35)56(47(44)54-31-57(46)36-18-8-3-9-19-36)30-33-13-10-12-32(28-33)29-53-40(59)24-26-64-27-25-52-38-21-11-20-37-43(38)50(63)58(49(37)62)39-22-23-41(60)55-48(39)61/h1-2,4-7,10-17,20-21,28,31,36,39,51-52H,3,8-9,18-19,22-27,29-30H2,(H,53,59)(H,55,60,61). The Kier molecular flexibility index (Phi) is 12.3. The van der Waals surface area contributed by atoms with Crippen LogP contribution in [0.4, 0.5) is 5.69 Å². The van der Waals surface area contributed by atoms with Crippen molar-refractivity contribution in [1.29, 1.82) is 5.41 Å². The average molecular weight is 859 g/mol. The number of piperidine rings is 1. The third-order valence-electron chi connectivity index (χ3n) is 12.4. The highest BCUT2D eigenvalue weighted by Gasteiger charge is 2.45. The second-order valence-electron chi connectivity index (χ2n) is 16.6. The number of fused-ring (bicyclic) bond motifs is 2. The second kappa shape index (κ2) is 18.7. The Morgan fingerprint density at radius 2 is 1.53 bits per heavy atom. The number of hydrogen-bond acceptors (Lipinski definition) is 9. The fourth-order valence-electron chi connectivity index (χ4n) is 9.34. The van der Waals surface area contributed by atoms with Crippen LogP contribution in [-0.2, 0) is 32.2 Å². The van der Waals surface area contributed by atoms with Gasteiger partial charge in [0.25, 0.3) is 11.8 Å². The van der Waals surface area contributed by atoms with Crippen molar-refractivity contribution in [3.8, 4) is 22.4 Å². The van der Waals surface area contributed by atoms with Gasteiger partial charge in [0.1, 0.15) is 17.2 Å². The molecule has 64 heavy (non-hydrogen) atoms. The van der Waals surface area contributed by atoms with E-state index in [9.17, 15) is 29.4 Å². The maximum Gasteiger partial charge on any atom is 0.264 e. The van der Waals surface area contributed by atoms with Gasteiger partial charge in [0.2, 0.25) is 17.7 Å². The molecule has 2 aromatic heterocycles. The smallest absolute Gasteiger partial charge is 0.264 e. The number of anilines is 1. The zero-order chi connectivity index (χ0) is 44.2. The molecular formula is C50H50N8O6. The maximum atomic E-state index is 13.4. The summed E-state index contributed by atoms with van der Waals surface area (Å²) < 4.78 is 10.1. The molecule has 4 heterocycles. The van der Waals surface area contributed by atoms with Gasteiger partial charge in [-0.3, -0.25) is 39.6 Å². The molecule has 3 aliphatic rings. The summed E-state index contributed by atoms with van der Waals surface area (Å²) in [6, 6.07) is 32.9. The van der Waals surface area contributed by atoms with E-state index < -0.39 is 29.7 Å². The molecule has 0 bridgehead atoms. The summed E-state index contributed by atoms with van der Waals surface area (Å²) in [6.45, 7) is 1.56. The Labute approximate surface area is 370 Å². The van der Waals surface area contributed by atoms with Gasteiger partial charge in [-0.1, -0.05) is 110 Å². The number of nitrogens with zero attached hydrogens (tertiary/aromatic N) is 4. The highest BCUT2D eigenvalue weighted by atomic mass is 16.5. The molecule has 5 amide bonds. The van der Waals surface area contributed by atoms with E-state index in [1.165, 1.54) is 6.42 Å². The Morgan fingerprint density at radius 1 is 0.797 bits per heavy atom. The largest absolute Gasteiger partial charge is 0.382 e. The zero-order valence-electron chi connectivity index (χ0n) is 35.5. The fraction of sp³-hybridized carbons (Fsp3) is 0.300. The van der Waals surface area contributed by atoms with E-state index in [4.69, 9.17) is 9.72 Å². The van der Waals surface area contributed by atoms with Crippen molar-refractivity contribution in [2.75, 3.05) is 25.1 Å². The van der Waals surface area contributed by atoms with Crippen LogP contribution in [0.25, 0.3) is 33.4 Å². The Balaban J connectivity index is 0.839. The summed E-state index contributed by atoms with van der Waals surface area (Å²) in [7, 11) is 0. The molecule has 1 saturated carbocycles. The molecule has 9 rings (SSSR count). The van der Waals surface area contributed by atoms with Crippen molar-refractivity contribution in [2.24, 2.45) is 0 Å². The van der Waals surface area contributed by atoms with E-state index >= 15 is 0 Å². The lowest BCUT2D eigenvalue weighted by molar-refractivity contribution is -0.136. The van der Waals surface area contributed by atoms with E-state index in [-0.39, 0.29) is 55.6 Å². The highest BCUT2D eigenvalue weighted by Crippen LogP contribution is 2.40. The van der Waals surface area contributed by atoms with E-state index in [0.29, 0.717) is 30.8 Å². The van der Waals surface area contributed by atoms with Gasteiger partial charge in [-0.2, -0.15) is 0 Å². The monoisotopic (exact) mass is 858 g/mol. The molecule has 6 aromatic rings. The molecular weight excluding hydrogens is 809 g/mol. The lowest BCUT2D eigenvalue weighted by Crippen LogP contribution is -2.54. The highest BCUT2D eigenvalue weighted by molar-refractivity contribution is 6.25. The molecule has 1 atom stereocenters. The summed E-state index contributed by atoms with van der Waals surface area (Å²) in [5, 5.41) is 18.9. The van der Waals surface area contributed by atoms with Crippen LogP contribution in [0.5, 0.6) is 0 Å². The number of carbonyl (C=O) groups is 5. The van der Waals surface area contributed by atoms with Gasteiger partial charge in [0, 0.05) is 49.8 Å². The summed E-state index contributed by atoms with van der Waals surface area (Å²) in [5.41, 5.74) is 8.11. The van der Waals surface area contributed by atoms with Crippen LogP contribution < -0.4 is 21.4 Å². The first kappa shape index (κ1) is 42.1. The Hall–Kier alpha value is -7.19. The van der Waals surface area contributed by atoms with Gasteiger partial charge >= 0.3 is 0 Å². The van der Waals surface area contributed by atoms with Crippen LogP contribution in [0.2, 0.25) is 0 Å². The first-order valence-corrected chi connectivity index (χ1v) is 22.1. The topological polar surface area (TPSA) is 181 Å². The minimum atomic E-state index is -1.04. The van der Waals surface area contributed by atoms with E-state index in [0.717, 1.165) is 75.1 Å². The quantitative estimate of drug-likeness (QED) is 0.0648. The Morgan fingerprint density at radius 3 is 2.30 bits per heavy atom. The van der Waals surface area contributed by atoms with Crippen LogP contribution >= 0.6 is 0 Å². The third-order valence-corrected chi connectivity index (χ3v) is 12.4. The normalized spacial score (nSPS) is 16.6. The molecule has 4 aromatic carbocycles. The zero-order valence-corrected chi connectivity index (χ0v) is 35.5. The Bertz CT molecular complexity index is 2810. The van der Waals surface area contributed by atoms with Crippen LogP contribution in [0.3, 0.4) is 0 Å². The van der Waals surface area contributed by atoms with Crippen molar-refractivity contribution in [2.45, 2.75) is 76.5 Å². The molecule has 2 fully saturated rings. The van der Waals surface area contributed by atoms with Gasteiger partial charge in [-0.25, -0.2) is 4.98 Å². The van der Waals surface area contributed by atoms with Gasteiger partial charge in [0.15, 0.2) is 0 Å². The lowest BCUT2D eigenvalue weighted by Gasteiger charge is -2.27. The molecule has 1 aliphatic carbocycles. The number of rotatable bonds is 15. The predicted molar refractivity (Wildman–Crippen MR) is 241 cm³/mol. The number of hydrogen-bond donors (Lipinski definition) is 4. The molecule has 14 nitrogen and oxygen atoms in total. The van der Waals surface area contributed by atoms with E-state index in [1.54, 1.807) is 18.2 Å². The fourth-order valence-corrected chi connectivity index (χ4v) is 9.34. The van der Waals surface area contributed by atoms with Gasteiger partial charge < -0.3 is 24.5 Å². The second-order valence-corrected chi connectivity index (χ2v) is 16.6. The number of benzene rings is 4. The van der Waals surface area contributed by atoms with Crippen molar-refractivity contribution < 1.29 is 28.7 Å². The van der Waals surface area contributed by atoms with E-state index in [1.807, 2.05) is 54.9 Å². The van der Waals surface area contributed by atoms with Crippen LogP contribution in [-0.4, -0.2) is 74.4 Å². The SMILES string of the molecule is N=c1c2c(-c3ccccc3)c(-c3ccccc3)n(Cc3cccc(CNC(=O)CCOCCNc4cccc5c4C(=O)N(C4CCC(=O)NC4=O)C5=O)c3)c2ncn1C1CCCCC1. The molecule has 1 saturated heterocycles. The van der Waals surface area contributed by atoms with Gasteiger partial charge in [-0.15, -0.1) is 0 Å². The number of nitrogens with one attached hydrogen (secondary N) is 4. The van der Waals surface area contributed by atoms with Crippen molar-refractivity contribution in [3.05, 3.63) is 137 Å². The van der Waals surface area contributed by atoms with Crippen LogP contribution in [0, 0.1) is 5.41 Å². The molecule has 0 spiro atoms. The van der Waals surface area contributed by atoms with Crippen LogP contribution in [0.1, 0.15) is 89.3 Å². The summed E-state index contributed by atoms with van der Waals surface area (Å²) in [6.07, 6.45) is 7.78. The number of ether oxygens (including phenoxy) is 1. The van der Waals surface area contributed by atoms with Crippen molar-refractivity contribution in [1.82, 2.24) is 29.7 Å². The minimum Gasteiger partial charge on any atom is -0.382 e. The predicted octanol–water partition coefficient (Wildman–Crippen LogP) is 6.74. The summed E-state index contributed by atoms with van der Waals surface area (Å²) >= 11 is 0. The average Bonchev–Trinajstić information content (AvgIpc) is 3.78. The molecule has 326 valence electrons. The molecule has 2 aliphatic heterocycles. The van der Waals surface area contributed by atoms with Crippen LogP contribution in [0.15, 0.2) is 109 Å². The molecule has 1 unspecified atom stereocenters. The number of amides is 5. The third kappa shape index (κ3) is 8.48.